The van der Waals surface area contributed by atoms with Crippen LogP contribution in [0.15, 0.2) is 0 Å². The fraction of sp³-hybridized carbons (Fsp3) is 0.857. The summed E-state index contributed by atoms with van der Waals surface area (Å²) in [7, 11) is 0. The third-order valence-corrected chi connectivity index (χ3v) is 3.82. The van der Waals surface area contributed by atoms with Crippen LogP contribution in [0.2, 0.25) is 0 Å². The second-order valence-electron chi connectivity index (χ2n) is 3.39. The van der Waals surface area contributed by atoms with Crippen molar-refractivity contribution >= 4 is 21.9 Å². The van der Waals surface area contributed by atoms with Gasteiger partial charge in [-0.05, 0) is 24.7 Å². The zero-order chi connectivity index (χ0) is 7.35. The third kappa shape index (κ3) is 0.492. The van der Waals surface area contributed by atoms with E-state index in [4.69, 9.17) is 5.11 Å². The zero-order valence-corrected chi connectivity index (χ0v) is 7.10. The highest BCUT2D eigenvalue weighted by Crippen LogP contribution is 2.69. The lowest BCUT2D eigenvalue weighted by molar-refractivity contribution is -0.209. The highest BCUT2D eigenvalue weighted by Gasteiger charge is 2.69. The summed E-state index contributed by atoms with van der Waals surface area (Å²) in [6.07, 6.45) is 1.86. The molecule has 3 aliphatic rings. The lowest BCUT2D eigenvalue weighted by Crippen LogP contribution is -2.66. The number of halogens is 1. The standard InChI is InChI=1S/C7H9BrO2/c8-3-5-4-1-7(5,2-4)6(9)10/h4-5H,1-3H2,(H,9,10). The van der Waals surface area contributed by atoms with Crippen molar-refractivity contribution in [2.75, 3.05) is 5.33 Å². The van der Waals surface area contributed by atoms with E-state index in [-0.39, 0.29) is 5.41 Å². The highest BCUT2D eigenvalue weighted by molar-refractivity contribution is 9.09. The molecule has 0 aromatic heterocycles. The Morgan fingerprint density at radius 3 is 2.40 bits per heavy atom. The first kappa shape index (κ1) is 6.65. The molecule has 1 N–H and O–H groups in total. The summed E-state index contributed by atoms with van der Waals surface area (Å²) in [6.45, 7) is 0. The fourth-order valence-electron chi connectivity index (χ4n) is 2.20. The molecule has 3 aliphatic carbocycles. The summed E-state index contributed by atoms with van der Waals surface area (Å²) < 4.78 is 0. The number of aliphatic carboxylic acids is 1. The van der Waals surface area contributed by atoms with Crippen molar-refractivity contribution in [1.82, 2.24) is 0 Å². The Bertz CT molecular complexity index is 184. The Labute approximate surface area is 67.7 Å². The summed E-state index contributed by atoms with van der Waals surface area (Å²) >= 11 is 3.34. The lowest BCUT2D eigenvalue weighted by atomic mass is 9.38. The van der Waals surface area contributed by atoms with Crippen LogP contribution in [-0.4, -0.2) is 16.4 Å². The van der Waals surface area contributed by atoms with Gasteiger partial charge >= 0.3 is 5.97 Å². The van der Waals surface area contributed by atoms with Crippen molar-refractivity contribution < 1.29 is 9.90 Å². The maximum atomic E-state index is 10.7. The molecular formula is C7H9BrO2. The molecule has 2 nitrogen and oxygen atoms in total. The summed E-state index contributed by atoms with van der Waals surface area (Å²) in [5.41, 5.74) is -0.297. The number of rotatable bonds is 2. The number of alkyl halides is 1. The van der Waals surface area contributed by atoms with Gasteiger partial charge in [0.1, 0.15) is 0 Å². The van der Waals surface area contributed by atoms with Crippen LogP contribution in [0.3, 0.4) is 0 Å². The molecule has 2 bridgehead atoms. The van der Waals surface area contributed by atoms with Gasteiger partial charge < -0.3 is 5.11 Å². The van der Waals surface area contributed by atoms with E-state index in [0.29, 0.717) is 5.92 Å². The Balaban J connectivity index is 2.12. The molecule has 10 heavy (non-hydrogen) atoms. The highest BCUT2D eigenvalue weighted by atomic mass is 79.9. The van der Waals surface area contributed by atoms with Gasteiger partial charge in [-0.25, -0.2) is 0 Å². The van der Waals surface area contributed by atoms with Gasteiger partial charge in [0, 0.05) is 5.33 Å². The first-order valence-electron chi connectivity index (χ1n) is 3.50. The molecule has 3 heteroatoms. The number of carboxylic acids is 1. The summed E-state index contributed by atoms with van der Waals surface area (Å²) in [5.74, 6) is 0.569. The minimum Gasteiger partial charge on any atom is -0.481 e. The van der Waals surface area contributed by atoms with Crippen LogP contribution >= 0.6 is 15.9 Å². The normalized spacial score (nSPS) is 49.3. The van der Waals surface area contributed by atoms with Gasteiger partial charge in [0.25, 0.3) is 0 Å². The molecule has 0 amide bonds. The largest absolute Gasteiger partial charge is 0.481 e. The van der Waals surface area contributed by atoms with Crippen LogP contribution in [-0.2, 0) is 4.79 Å². The van der Waals surface area contributed by atoms with Crippen molar-refractivity contribution in [3.05, 3.63) is 0 Å². The Kier molecular flexibility index (Phi) is 1.17. The van der Waals surface area contributed by atoms with E-state index in [0.717, 1.165) is 24.1 Å². The molecule has 56 valence electrons. The molecule has 0 aliphatic heterocycles. The van der Waals surface area contributed by atoms with E-state index < -0.39 is 5.97 Å². The van der Waals surface area contributed by atoms with Crippen LogP contribution in [0, 0.1) is 17.3 Å². The van der Waals surface area contributed by atoms with E-state index in [1.54, 1.807) is 0 Å². The average molecular weight is 205 g/mol. The molecule has 3 saturated carbocycles. The first-order valence-corrected chi connectivity index (χ1v) is 4.62. The van der Waals surface area contributed by atoms with Gasteiger partial charge in [0.15, 0.2) is 0 Å². The van der Waals surface area contributed by atoms with Crippen molar-refractivity contribution in [2.45, 2.75) is 12.8 Å². The maximum absolute atomic E-state index is 10.7. The van der Waals surface area contributed by atoms with Gasteiger partial charge in [-0.2, -0.15) is 0 Å². The molecule has 0 saturated heterocycles. The van der Waals surface area contributed by atoms with Crippen molar-refractivity contribution in [1.29, 1.82) is 0 Å². The van der Waals surface area contributed by atoms with E-state index in [9.17, 15) is 4.79 Å². The number of carboxylic acid groups (broad SMARTS) is 1. The second kappa shape index (κ2) is 1.76. The van der Waals surface area contributed by atoms with Gasteiger partial charge in [-0.15, -0.1) is 0 Å². The van der Waals surface area contributed by atoms with Crippen LogP contribution in [0.25, 0.3) is 0 Å². The smallest absolute Gasteiger partial charge is 0.309 e. The van der Waals surface area contributed by atoms with Crippen molar-refractivity contribution in [2.24, 2.45) is 17.3 Å². The van der Waals surface area contributed by atoms with Gasteiger partial charge in [-0.1, -0.05) is 15.9 Å². The van der Waals surface area contributed by atoms with E-state index in [2.05, 4.69) is 15.9 Å². The molecule has 3 fully saturated rings. The Hall–Kier alpha value is -0.0500. The second-order valence-corrected chi connectivity index (χ2v) is 4.04. The molecule has 3 rings (SSSR count). The molecular weight excluding hydrogens is 196 g/mol. The fourth-order valence-corrected chi connectivity index (χ4v) is 3.35. The van der Waals surface area contributed by atoms with Crippen LogP contribution < -0.4 is 0 Å². The van der Waals surface area contributed by atoms with Crippen LogP contribution in [0.4, 0.5) is 0 Å². The molecule has 0 aromatic carbocycles. The van der Waals surface area contributed by atoms with Crippen LogP contribution in [0.1, 0.15) is 12.8 Å². The molecule has 0 radical (unpaired) electrons. The molecule has 0 aromatic rings. The summed E-state index contributed by atoms with van der Waals surface area (Å²) in [4.78, 5) is 10.7. The van der Waals surface area contributed by atoms with E-state index in [1.165, 1.54) is 0 Å². The lowest BCUT2D eigenvalue weighted by Gasteiger charge is -2.65. The van der Waals surface area contributed by atoms with Gasteiger partial charge in [0.2, 0.25) is 0 Å². The predicted molar refractivity (Wildman–Crippen MR) is 40.1 cm³/mol. The van der Waals surface area contributed by atoms with Crippen LogP contribution in [0.5, 0.6) is 0 Å². The molecule has 0 heterocycles. The van der Waals surface area contributed by atoms with E-state index in [1.807, 2.05) is 0 Å². The molecule has 1 unspecified atom stereocenters. The topological polar surface area (TPSA) is 37.3 Å². The molecule has 1 atom stereocenters. The van der Waals surface area contributed by atoms with Crippen molar-refractivity contribution in [3.8, 4) is 0 Å². The Morgan fingerprint density at radius 2 is 2.30 bits per heavy atom. The average Bonchev–Trinajstić information content (AvgIpc) is 1.56. The Morgan fingerprint density at radius 1 is 1.70 bits per heavy atom. The number of hydrogen-bond acceptors (Lipinski definition) is 1. The SMILES string of the molecule is O=C(O)C12CC(C1)C2CBr. The summed E-state index contributed by atoms with van der Waals surface area (Å²) in [5, 5.41) is 9.68. The predicted octanol–water partition coefficient (Wildman–Crippen LogP) is 1.49. The van der Waals surface area contributed by atoms with Crippen molar-refractivity contribution in [3.63, 3.8) is 0 Å². The van der Waals surface area contributed by atoms with Gasteiger partial charge in [-0.3, -0.25) is 4.79 Å². The maximum Gasteiger partial charge on any atom is 0.309 e. The zero-order valence-electron chi connectivity index (χ0n) is 5.51. The third-order valence-electron chi connectivity index (χ3n) is 3.12. The first-order chi connectivity index (χ1) is 4.70. The molecule has 0 spiro atoms. The minimum absolute atomic E-state index is 0.297. The summed E-state index contributed by atoms with van der Waals surface area (Å²) in [6, 6.07) is 0. The minimum atomic E-state index is -0.584. The number of hydrogen-bond donors (Lipinski definition) is 1. The monoisotopic (exact) mass is 204 g/mol. The van der Waals surface area contributed by atoms with E-state index >= 15 is 0 Å². The van der Waals surface area contributed by atoms with Gasteiger partial charge in [0.05, 0.1) is 5.41 Å². The quantitative estimate of drug-likeness (QED) is 0.693. The number of carbonyl (C=O) groups is 1.